The average Bonchev–Trinajstić information content (AvgIpc) is 3.08. The molecule has 3 nitrogen and oxygen atoms in total. The first kappa shape index (κ1) is 12.3. The monoisotopic (exact) mass is 283 g/mol. The van der Waals surface area contributed by atoms with Crippen LogP contribution in [0.25, 0.3) is 0 Å². The Morgan fingerprint density at radius 1 is 0.952 bits per heavy atom. The lowest BCUT2D eigenvalue weighted by molar-refractivity contribution is 0.131. The predicted molar refractivity (Wildman–Crippen MR) is 84.9 cm³/mol. The molecule has 5 rings (SSSR count). The van der Waals surface area contributed by atoms with Gasteiger partial charge in [0.05, 0.1) is 12.1 Å². The van der Waals surface area contributed by atoms with E-state index in [0.29, 0.717) is 12.1 Å². The van der Waals surface area contributed by atoms with Crippen molar-refractivity contribution in [3.63, 3.8) is 0 Å². The second kappa shape index (κ2) is 4.37. The van der Waals surface area contributed by atoms with Gasteiger partial charge in [-0.1, -0.05) is 25.7 Å². The maximum atomic E-state index is 5.20. The summed E-state index contributed by atoms with van der Waals surface area (Å²) in [6.45, 7) is 2.25. The van der Waals surface area contributed by atoms with Crippen LogP contribution >= 0.6 is 0 Å². The molecule has 2 aliphatic heterocycles. The largest absolute Gasteiger partial charge is 0.333 e. The number of aliphatic imine (C=N–C) groups is 1. The highest BCUT2D eigenvalue weighted by molar-refractivity contribution is 5.88. The SMILES string of the molecule is Cc1ccc2n1C1=NC3CCCCC3N1C1CCCCC21. The van der Waals surface area contributed by atoms with Gasteiger partial charge >= 0.3 is 0 Å². The molecule has 112 valence electrons. The lowest BCUT2D eigenvalue weighted by Crippen LogP contribution is -2.55. The minimum absolute atomic E-state index is 0.573. The molecule has 4 atom stereocenters. The van der Waals surface area contributed by atoms with Crippen LogP contribution in [0.1, 0.15) is 68.7 Å². The first-order valence-corrected chi connectivity index (χ1v) is 8.89. The maximum absolute atomic E-state index is 5.20. The number of rotatable bonds is 0. The number of hydrogen-bond donors (Lipinski definition) is 0. The molecule has 0 radical (unpaired) electrons. The summed E-state index contributed by atoms with van der Waals surface area (Å²) in [6, 6.07) is 6.68. The van der Waals surface area contributed by atoms with Crippen LogP contribution in [-0.4, -0.2) is 33.6 Å². The number of fused-ring (bicyclic) bond motifs is 8. The third-order valence-corrected chi connectivity index (χ3v) is 6.34. The Morgan fingerprint density at radius 3 is 2.62 bits per heavy atom. The molecule has 4 unspecified atom stereocenters. The number of aromatic nitrogens is 1. The molecule has 2 aliphatic carbocycles. The van der Waals surface area contributed by atoms with Crippen molar-refractivity contribution in [2.75, 3.05) is 0 Å². The molecular weight excluding hydrogens is 258 g/mol. The van der Waals surface area contributed by atoms with Gasteiger partial charge in [-0.3, -0.25) is 4.57 Å². The van der Waals surface area contributed by atoms with Crippen LogP contribution in [0.15, 0.2) is 17.1 Å². The molecule has 2 saturated carbocycles. The molecule has 0 amide bonds. The van der Waals surface area contributed by atoms with E-state index in [4.69, 9.17) is 4.99 Å². The van der Waals surface area contributed by atoms with E-state index in [9.17, 15) is 0 Å². The lowest BCUT2D eigenvalue weighted by atomic mass is 9.78. The van der Waals surface area contributed by atoms with Crippen LogP contribution in [0.4, 0.5) is 0 Å². The summed E-state index contributed by atoms with van der Waals surface area (Å²) >= 11 is 0. The minimum atomic E-state index is 0.573. The summed E-state index contributed by atoms with van der Waals surface area (Å²) in [5.74, 6) is 2.04. The molecule has 3 heteroatoms. The molecule has 4 aliphatic rings. The molecule has 21 heavy (non-hydrogen) atoms. The van der Waals surface area contributed by atoms with Gasteiger partial charge in [0, 0.05) is 23.3 Å². The van der Waals surface area contributed by atoms with Crippen LogP contribution in [-0.2, 0) is 0 Å². The van der Waals surface area contributed by atoms with Gasteiger partial charge in [-0.25, -0.2) is 4.99 Å². The van der Waals surface area contributed by atoms with Crippen LogP contribution in [0.2, 0.25) is 0 Å². The van der Waals surface area contributed by atoms with Crippen molar-refractivity contribution in [2.24, 2.45) is 4.99 Å². The Labute approximate surface area is 127 Å². The summed E-state index contributed by atoms with van der Waals surface area (Å²) in [4.78, 5) is 7.97. The van der Waals surface area contributed by atoms with E-state index >= 15 is 0 Å². The van der Waals surface area contributed by atoms with E-state index in [1.54, 1.807) is 5.69 Å². The normalized spacial score (nSPS) is 37.4. The topological polar surface area (TPSA) is 20.5 Å². The molecule has 1 aromatic rings. The summed E-state index contributed by atoms with van der Waals surface area (Å²) in [5.41, 5.74) is 2.92. The molecule has 0 bridgehead atoms. The van der Waals surface area contributed by atoms with E-state index in [1.165, 1.54) is 63.0 Å². The van der Waals surface area contributed by atoms with Gasteiger partial charge in [-0.2, -0.15) is 0 Å². The Balaban J connectivity index is 1.67. The van der Waals surface area contributed by atoms with Crippen LogP contribution < -0.4 is 0 Å². The van der Waals surface area contributed by atoms with E-state index in [0.717, 1.165) is 12.0 Å². The molecule has 1 aromatic heterocycles. The van der Waals surface area contributed by atoms with Gasteiger partial charge in [0.1, 0.15) is 0 Å². The van der Waals surface area contributed by atoms with Crippen LogP contribution in [0.5, 0.6) is 0 Å². The van der Waals surface area contributed by atoms with Crippen molar-refractivity contribution < 1.29 is 0 Å². The van der Waals surface area contributed by atoms with E-state index < -0.39 is 0 Å². The summed E-state index contributed by atoms with van der Waals surface area (Å²) < 4.78 is 2.49. The Bertz CT molecular complexity index is 600. The summed E-state index contributed by atoms with van der Waals surface area (Å²) in [7, 11) is 0. The zero-order chi connectivity index (χ0) is 14.0. The van der Waals surface area contributed by atoms with E-state index in [-0.39, 0.29) is 0 Å². The van der Waals surface area contributed by atoms with E-state index in [1.807, 2.05) is 0 Å². The molecule has 0 spiro atoms. The number of nitrogens with zero attached hydrogens (tertiary/aromatic N) is 3. The van der Waals surface area contributed by atoms with Gasteiger partial charge in [0.25, 0.3) is 0 Å². The fraction of sp³-hybridized carbons (Fsp3) is 0.722. The van der Waals surface area contributed by atoms with Crippen molar-refractivity contribution in [3.8, 4) is 0 Å². The summed E-state index contributed by atoms with van der Waals surface area (Å²) in [5, 5.41) is 0. The number of aryl methyl sites for hydroxylation is 1. The third-order valence-electron chi connectivity index (χ3n) is 6.34. The molecule has 0 aromatic carbocycles. The van der Waals surface area contributed by atoms with Gasteiger partial charge in [0.15, 0.2) is 0 Å². The van der Waals surface area contributed by atoms with Gasteiger partial charge in [0.2, 0.25) is 5.96 Å². The minimum Gasteiger partial charge on any atom is -0.333 e. The molecule has 2 fully saturated rings. The smallest absolute Gasteiger partial charge is 0.206 e. The zero-order valence-electron chi connectivity index (χ0n) is 13.0. The van der Waals surface area contributed by atoms with Crippen molar-refractivity contribution in [3.05, 3.63) is 23.5 Å². The quantitative estimate of drug-likeness (QED) is 0.711. The molecular formula is C18H25N3. The zero-order valence-corrected chi connectivity index (χ0v) is 13.0. The standard InChI is InChI=1S/C18H25N3/c1-12-10-11-16-13-6-2-4-8-15(13)21-17-9-5-3-7-14(17)19-18(21)20(12)16/h10-11,13-15,17H,2-9H2,1H3. The fourth-order valence-corrected chi connectivity index (χ4v) is 5.41. The second-order valence-corrected chi connectivity index (χ2v) is 7.45. The number of hydrogen-bond acceptors (Lipinski definition) is 2. The first-order valence-electron chi connectivity index (χ1n) is 8.89. The van der Waals surface area contributed by atoms with Gasteiger partial charge in [-0.05, 0) is 44.7 Å². The third kappa shape index (κ3) is 1.58. The van der Waals surface area contributed by atoms with Gasteiger partial charge in [-0.15, -0.1) is 0 Å². The van der Waals surface area contributed by atoms with Gasteiger partial charge < -0.3 is 4.90 Å². The second-order valence-electron chi connectivity index (χ2n) is 7.45. The van der Waals surface area contributed by atoms with Crippen molar-refractivity contribution in [1.29, 1.82) is 0 Å². The average molecular weight is 283 g/mol. The maximum Gasteiger partial charge on any atom is 0.206 e. The Kier molecular flexibility index (Phi) is 2.56. The molecule has 0 N–H and O–H groups in total. The van der Waals surface area contributed by atoms with Crippen molar-refractivity contribution in [2.45, 2.75) is 82.3 Å². The Hall–Kier alpha value is -1.25. The molecule has 0 saturated heterocycles. The predicted octanol–water partition coefficient (Wildman–Crippen LogP) is 3.67. The molecule has 3 heterocycles. The lowest BCUT2D eigenvalue weighted by Gasteiger charge is -2.48. The first-order chi connectivity index (χ1) is 10.3. The van der Waals surface area contributed by atoms with Crippen LogP contribution in [0.3, 0.4) is 0 Å². The highest BCUT2D eigenvalue weighted by Crippen LogP contribution is 2.45. The van der Waals surface area contributed by atoms with Crippen molar-refractivity contribution >= 4 is 5.96 Å². The fourth-order valence-electron chi connectivity index (χ4n) is 5.41. The highest BCUT2D eigenvalue weighted by atomic mass is 15.4. The van der Waals surface area contributed by atoms with E-state index in [2.05, 4.69) is 28.5 Å². The Morgan fingerprint density at radius 2 is 1.71 bits per heavy atom. The van der Waals surface area contributed by atoms with Crippen LogP contribution in [0, 0.1) is 6.92 Å². The van der Waals surface area contributed by atoms with Crippen molar-refractivity contribution in [1.82, 2.24) is 9.47 Å². The highest BCUT2D eigenvalue weighted by Gasteiger charge is 2.48. The summed E-state index contributed by atoms with van der Waals surface area (Å²) in [6.07, 6.45) is 11.0.